The first kappa shape index (κ1) is 18.1. The predicted molar refractivity (Wildman–Crippen MR) is 87.0 cm³/mol. The second-order valence-corrected chi connectivity index (χ2v) is 6.24. The van der Waals surface area contributed by atoms with Gasteiger partial charge < -0.3 is 9.64 Å². The lowest BCUT2D eigenvalue weighted by molar-refractivity contribution is 0.0804. The molecule has 0 radical (unpaired) electrons. The Morgan fingerprint density at radius 3 is 2.50 bits per heavy atom. The van der Waals surface area contributed by atoms with Crippen LogP contribution in [0.4, 0.5) is 4.79 Å². The predicted octanol–water partition coefficient (Wildman–Crippen LogP) is 3.44. The highest BCUT2D eigenvalue weighted by molar-refractivity contribution is 8.11. The number of hydrogen-bond donors (Lipinski definition) is 2. The molecule has 0 aliphatic carbocycles. The Morgan fingerprint density at radius 2 is 2.06 bits per heavy atom. The van der Waals surface area contributed by atoms with Crippen molar-refractivity contribution in [2.45, 2.75) is 39.7 Å². The largest absolute Gasteiger partial charge is 0.449 e. The maximum atomic E-state index is 11.9. The van der Waals surface area contributed by atoms with Gasteiger partial charge in [-0.15, -0.1) is 12.6 Å². The molecule has 106 valence electrons. The molecule has 0 aliphatic heterocycles. The molecule has 0 aliphatic rings. The van der Waals surface area contributed by atoms with E-state index < -0.39 is 0 Å². The van der Waals surface area contributed by atoms with Crippen LogP contribution >= 0.6 is 37.5 Å². The Kier molecular flexibility index (Phi) is 9.95. The van der Waals surface area contributed by atoms with Crippen LogP contribution in [0.1, 0.15) is 33.6 Å². The van der Waals surface area contributed by atoms with E-state index >= 15 is 0 Å². The Hall–Kier alpha value is 0.0600. The van der Waals surface area contributed by atoms with Crippen LogP contribution in [0.2, 0.25) is 0 Å². The van der Waals surface area contributed by atoms with E-state index in [0.717, 1.165) is 6.42 Å². The van der Waals surface area contributed by atoms with Crippen molar-refractivity contribution in [1.82, 2.24) is 4.90 Å². The van der Waals surface area contributed by atoms with Gasteiger partial charge in [0.25, 0.3) is 0 Å². The van der Waals surface area contributed by atoms with E-state index in [4.69, 9.17) is 17.0 Å². The Labute approximate surface area is 126 Å². The second kappa shape index (κ2) is 9.92. The summed E-state index contributed by atoms with van der Waals surface area (Å²) in [5.41, 5.74) is 0. The molecule has 2 atom stereocenters. The number of hydrogen-bond acceptors (Lipinski definition) is 4. The van der Waals surface area contributed by atoms with Crippen molar-refractivity contribution >= 4 is 47.8 Å². The minimum absolute atomic E-state index is 0.172. The zero-order valence-corrected chi connectivity index (χ0v) is 13.9. The maximum absolute atomic E-state index is 11.9. The van der Waals surface area contributed by atoms with Gasteiger partial charge in [-0.05, 0) is 25.7 Å². The molecule has 1 amide bonds. The van der Waals surface area contributed by atoms with Gasteiger partial charge in [-0.3, -0.25) is 0 Å². The monoisotopic (exact) mass is 309 g/mol. The highest BCUT2D eigenvalue weighted by atomic mass is 32.1. The Bertz CT molecular complexity index is 274. The van der Waals surface area contributed by atoms with E-state index in [2.05, 4.69) is 25.3 Å². The molecule has 2 unspecified atom stereocenters. The van der Waals surface area contributed by atoms with Gasteiger partial charge in [0.2, 0.25) is 0 Å². The van der Waals surface area contributed by atoms with Crippen molar-refractivity contribution in [1.29, 1.82) is 0 Å². The highest BCUT2D eigenvalue weighted by Crippen LogP contribution is 2.10. The van der Waals surface area contributed by atoms with E-state index in [0.29, 0.717) is 29.5 Å². The quantitative estimate of drug-likeness (QED) is 0.532. The zero-order valence-electron chi connectivity index (χ0n) is 11.3. The molecule has 0 aromatic heterocycles. The maximum Gasteiger partial charge on any atom is 0.410 e. The van der Waals surface area contributed by atoms with Crippen LogP contribution < -0.4 is 0 Å². The molecule has 0 N–H and O–H groups in total. The third-order valence-electron chi connectivity index (χ3n) is 2.71. The zero-order chi connectivity index (χ0) is 14.1. The SMILES string of the molecule is CCC(C)N(CCS)C(=O)OCC(C)CC(=S)S. The van der Waals surface area contributed by atoms with Crippen LogP contribution in [-0.4, -0.2) is 40.1 Å². The average molecular weight is 310 g/mol. The summed E-state index contributed by atoms with van der Waals surface area (Å²) in [6.07, 6.45) is 1.32. The molecule has 18 heavy (non-hydrogen) atoms. The van der Waals surface area contributed by atoms with E-state index in [1.807, 2.05) is 20.8 Å². The number of nitrogens with zero attached hydrogens (tertiary/aromatic N) is 1. The number of thiocarbonyl (C=S) groups is 1. The van der Waals surface area contributed by atoms with Gasteiger partial charge in [0, 0.05) is 22.5 Å². The minimum Gasteiger partial charge on any atom is -0.449 e. The fraction of sp³-hybridized carbons (Fsp3) is 0.833. The highest BCUT2D eigenvalue weighted by Gasteiger charge is 2.20. The van der Waals surface area contributed by atoms with Gasteiger partial charge in [-0.2, -0.15) is 12.6 Å². The lowest BCUT2D eigenvalue weighted by atomic mass is 10.1. The average Bonchev–Trinajstić information content (AvgIpc) is 2.31. The summed E-state index contributed by atoms with van der Waals surface area (Å²) in [6.45, 7) is 7.03. The first-order valence-electron chi connectivity index (χ1n) is 6.18. The van der Waals surface area contributed by atoms with Crippen molar-refractivity contribution < 1.29 is 9.53 Å². The van der Waals surface area contributed by atoms with Crippen LogP contribution in [0, 0.1) is 5.92 Å². The topological polar surface area (TPSA) is 29.5 Å². The summed E-state index contributed by atoms with van der Waals surface area (Å²) in [4.78, 5) is 13.7. The molecule has 0 spiro atoms. The molecular weight excluding hydrogens is 286 g/mol. The standard InChI is InChI=1S/C12H23NO2S3/c1-4-10(3)13(5-6-16)12(14)15-8-9(2)7-11(17)18/h9-10,16H,4-8H2,1-3H3,(H,17,18). The molecule has 0 bridgehead atoms. The van der Waals surface area contributed by atoms with Crippen LogP contribution in [0.15, 0.2) is 0 Å². The fourth-order valence-electron chi connectivity index (χ4n) is 1.47. The number of amides is 1. The molecule has 0 aromatic carbocycles. The summed E-state index contributed by atoms with van der Waals surface area (Å²) in [7, 11) is 0. The van der Waals surface area contributed by atoms with Crippen LogP contribution in [0.25, 0.3) is 0 Å². The third kappa shape index (κ3) is 7.48. The van der Waals surface area contributed by atoms with Gasteiger partial charge in [-0.1, -0.05) is 26.1 Å². The van der Waals surface area contributed by atoms with E-state index in [1.54, 1.807) is 4.90 Å². The molecule has 0 fully saturated rings. The number of carbonyl (C=O) groups is 1. The normalized spacial score (nSPS) is 13.8. The minimum atomic E-state index is -0.268. The molecule has 0 rings (SSSR count). The third-order valence-corrected chi connectivity index (χ3v) is 3.26. The molecule has 3 nitrogen and oxygen atoms in total. The molecular formula is C12H23NO2S3. The van der Waals surface area contributed by atoms with E-state index in [1.165, 1.54) is 0 Å². The summed E-state index contributed by atoms with van der Waals surface area (Å²) in [5.74, 6) is 0.837. The second-order valence-electron chi connectivity index (χ2n) is 4.45. The van der Waals surface area contributed by atoms with Crippen LogP contribution in [0.3, 0.4) is 0 Å². The van der Waals surface area contributed by atoms with Crippen LogP contribution in [0.5, 0.6) is 0 Å². The number of ether oxygens (including phenoxy) is 1. The lowest BCUT2D eigenvalue weighted by Gasteiger charge is -2.27. The molecule has 6 heteroatoms. The van der Waals surface area contributed by atoms with Gasteiger partial charge in [0.05, 0.1) is 6.61 Å². The van der Waals surface area contributed by atoms with Gasteiger partial charge in [0.1, 0.15) is 0 Å². The summed E-state index contributed by atoms with van der Waals surface area (Å²) in [5, 5.41) is 0. The van der Waals surface area contributed by atoms with Gasteiger partial charge in [0.15, 0.2) is 0 Å². The first-order valence-corrected chi connectivity index (χ1v) is 7.67. The van der Waals surface area contributed by atoms with Crippen molar-refractivity contribution in [3.05, 3.63) is 0 Å². The number of carbonyl (C=O) groups excluding carboxylic acids is 1. The Morgan fingerprint density at radius 1 is 1.44 bits per heavy atom. The van der Waals surface area contributed by atoms with Crippen molar-refractivity contribution in [2.24, 2.45) is 5.92 Å². The summed E-state index contributed by atoms with van der Waals surface area (Å²) in [6, 6.07) is 0.172. The number of rotatable bonds is 8. The fourth-order valence-corrected chi connectivity index (χ4v) is 2.28. The van der Waals surface area contributed by atoms with E-state index in [9.17, 15) is 4.79 Å². The van der Waals surface area contributed by atoms with Crippen molar-refractivity contribution in [2.75, 3.05) is 18.9 Å². The molecule has 0 saturated carbocycles. The smallest absolute Gasteiger partial charge is 0.410 e. The molecule has 0 saturated heterocycles. The summed E-state index contributed by atoms with van der Waals surface area (Å²) < 4.78 is 5.95. The first-order chi connectivity index (χ1) is 8.42. The Balaban J connectivity index is 4.21. The van der Waals surface area contributed by atoms with E-state index in [-0.39, 0.29) is 18.1 Å². The van der Waals surface area contributed by atoms with Gasteiger partial charge >= 0.3 is 6.09 Å². The van der Waals surface area contributed by atoms with Crippen molar-refractivity contribution in [3.63, 3.8) is 0 Å². The summed E-state index contributed by atoms with van der Waals surface area (Å²) >= 11 is 13.1. The van der Waals surface area contributed by atoms with Gasteiger partial charge in [-0.25, -0.2) is 4.79 Å². The molecule has 0 aromatic rings. The number of thiol groups is 2. The molecule has 0 heterocycles. The van der Waals surface area contributed by atoms with Crippen LogP contribution in [-0.2, 0) is 4.74 Å². The lowest BCUT2D eigenvalue weighted by Crippen LogP contribution is -2.40. The van der Waals surface area contributed by atoms with Crippen molar-refractivity contribution in [3.8, 4) is 0 Å².